The molecule has 0 saturated heterocycles. The van der Waals surface area contributed by atoms with E-state index in [0.717, 1.165) is 4.57 Å². The first-order chi connectivity index (χ1) is 6.52. The Morgan fingerprint density at radius 2 is 1.93 bits per heavy atom. The second-order valence-electron chi connectivity index (χ2n) is 2.87. The summed E-state index contributed by atoms with van der Waals surface area (Å²) in [6.45, 7) is 0. The Bertz CT molecular complexity index is 530. The summed E-state index contributed by atoms with van der Waals surface area (Å²) in [4.78, 5) is 18.9. The molecule has 0 spiro atoms. The molecule has 0 unspecified atom stereocenters. The van der Waals surface area contributed by atoms with Gasteiger partial charge in [-0.2, -0.15) is 4.98 Å². The van der Waals surface area contributed by atoms with Crippen molar-refractivity contribution in [3.63, 3.8) is 0 Å². The van der Waals surface area contributed by atoms with Gasteiger partial charge in [-0.1, -0.05) is 0 Å². The van der Waals surface area contributed by atoms with Gasteiger partial charge in [0.15, 0.2) is 5.82 Å². The molecule has 0 amide bonds. The summed E-state index contributed by atoms with van der Waals surface area (Å²) in [7, 11) is 2.89. The molecule has 0 aromatic heterocycles. The van der Waals surface area contributed by atoms with Gasteiger partial charge >= 0.3 is 5.69 Å². The molecular weight excluding hydrogens is 208 g/mol. The quantitative estimate of drug-likeness (QED) is 0.545. The van der Waals surface area contributed by atoms with Crippen molar-refractivity contribution in [2.45, 2.75) is 0 Å². The van der Waals surface area contributed by atoms with E-state index < -0.39 is 11.6 Å². The maximum absolute atomic E-state index is 11.5. The Morgan fingerprint density at radius 1 is 1.29 bits per heavy atom. The van der Waals surface area contributed by atoms with Crippen molar-refractivity contribution >= 4 is 11.6 Å². The number of fused-ring (bicyclic) bond motifs is 1. The second-order valence-corrected chi connectivity index (χ2v) is 3.21. The standard InChI is InChI=1S/C7H7ClN4O2/c1-11-4-3(9-6(8)10-4)5(13)12(2)7(11)14/h13H,1-2H3/p-1. The molecule has 2 rings (SSSR count). The fourth-order valence-electron chi connectivity index (χ4n) is 1.25. The molecule has 0 atom stereocenters. The Balaban J connectivity index is 3.01. The lowest BCUT2D eigenvalue weighted by Crippen LogP contribution is -2.31. The van der Waals surface area contributed by atoms with Gasteiger partial charge in [0.25, 0.3) is 0 Å². The van der Waals surface area contributed by atoms with Crippen molar-refractivity contribution in [1.82, 2.24) is 19.1 Å². The first kappa shape index (κ1) is 9.01. The highest BCUT2D eigenvalue weighted by molar-refractivity contribution is 6.28. The molecular formula is C7H6ClN4O2-. The van der Waals surface area contributed by atoms with Crippen LogP contribution >= 0.6 is 11.6 Å². The minimum atomic E-state index is -0.484. The fourth-order valence-corrected chi connectivity index (χ4v) is 1.41. The minimum absolute atomic E-state index is 0.0294. The third kappa shape index (κ3) is 1.00. The van der Waals surface area contributed by atoms with Gasteiger partial charge in [0, 0.05) is 14.1 Å². The Labute approximate surface area is 83.7 Å². The van der Waals surface area contributed by atoms with Gasteiger partial charge in [-0.3, -0.25) is 4.57 Å². The van der Waals surface area contributed by atoms with Crippen LogP contribution in [0.5, 0.6) is 5.88 Å². The maximum atomic E-state index is 11.5. The molecule has 0 bridgehead atoms. The molecule has 0 saturated carbocycles. The molecule has 7 heteroatoms. The van der Waals surface area contributed by atoms with E-state index in [4.69, 9.17) is 11.6 Å². The number of nitrogens with zero attached hydrogens (tertiary/aromatic N) is 4. The first-order valence-electron chi connectivity index (χ1n) is 3.78. The first-order valence-corrected chi connectivity index (χ1v) is 4.16. The predicted octanol–water partition coefficient (Wildman–Crippen LogP) is -0.654. The highest BCUT2D eigenvalue weighted by Crippen LogP contribution is 2.24. The zero-order valence-electron chi connectivity index (χ0n) is 7.48. The van der Waals surface area contributed by atoms with Crippen LogP contribution in [-0.4, -0.2) is 19.1 Å². The molecule has 14 heavy (non-hydrogen) atoms. The van der Waals surface area contributed by atoms with Crippen LogP contribution in [0.2, 0.25) is 5.28 Å². The van der Waals surface area contributed by atoms with E-state index >= 15 is 0 Å². The lowest BCUT2D eigenvalue weighted by atomic mass is 10.4. The van der Waals surface area contributed by atoms with Gasteiger partial charge in [0.05, 0.1) is 0 Å². The molecule has 0 aromatic rings. The predicted molar refractivity (Wildman–Crippen MR) is 47.3 cm³/mol. The van der Waals surface area contributed by atoms with E-state index in [1.807, 2.05) is 0 Å². The number of hydrogen-bond acceptors (Lipinski definition) is 4. The molecule has 6 nitrogen and oxygen atoms in total. The van der Waals surface area contributed by atoms with E-state index in [0.29, 0.717) is 0 Å². The van der Waals surface area contributed by atoms with E-state index in [1.165, 1.54) is 18.7 Å². The molecule has 74 valence electrons. The van der Waals surface area contributed by atoms with Crippen molar-refractivity contribution in [3.05, 3.63) is 15.8 Å². The third-order valence-electron chi connectivity index (χ3n) is 2.01. The molecule has 2 aliphatic heterocycles. The minimum Gasteiger partial charge on any atom is -0.858 e. The Morgan fingerprint density at radius 3 is 2.57 bits per heavy atom. The Hall–Kier alpha value is -1.56. The van der Waals surface area contributed by atoms with Crippen molar-refractivity contribution in [3.8, 4) is 17.4 Å². The third-order valence-corrected chi connectivity index (χ3v) is 2.18. The summed E-state index contributed by atoms with van der Waals surface area (Å²) in [5.74, 6) is -0.273. The zero-order chi connectivity index (χ0) is 10.5. The van der Waals surface area contributed by atoms with Crippen LogP contribution in [0.25, 0.3) is 11.5 Å². The van der Waals surface area contributed by atoms with Gasteiger partial charge in [-0.15, -0.1) is 0 Å². The van der Waals surface area contributed by atoms with Crippen LogP contribution < -0.4 is 10.8 Å². The molecule has 0 aromatic carbocycles. The van der Waals surface area contributed by atoms with E-state index in [1.54, 1.807) is 0 Å². The van der Waals surface area contributed by atoms with Crippen LogP contribution in [0.3, 0.4) is 0 Å². The van der Waals surface area contributed by atoms with Crippen LogP contribution in [0.4, 0.5) is 0 Å². The van der Waals surface area contributed by atoms with Crippen molar-refractivity contribution in [1.29, 1.82) is 0 Å². The summed E-state index contributed by atoms with van der Waals surface area (Å²) < 4.78 is 2.20. The molecule has 0 aliphatic carbocycles. The average molecular weight is 214 g/mol. The van der Waals surface area contributed by atoms with Crippen LogP contribution in [0.1, 0.15) is 0 Å². The topological polar surface area (TPSA) is 75.8 Å². The molecule has 0 fully saturated rings. The number of hydrogen-bond donors (Lipinski definition) is 0. The van der Waals surface area contributed by atoms with E-state index in [-0.39, 0.29) is 16.8 Å². The molecule has 2 aliphatic rings. The van der Waals surface area contributed by atoms with Crippen molar-refractivity contribution in [2.24, 2.45) is 14.1 Å². The smallest absolute Gasteiger partial charge is 0.328 e. The van der Waals surface area contributed by atoms with Gasteiger partial charge in [-0.25, -0.2) is 9.78 Å². The summed E-state index contributed by atoms with van der Waals surface area (Å²) in [5.41, 5.74) is -0.335. The lowest BCUT2D eigenvalue weighted by molar-refractivity contribution is -0.278. The number of rotatable bonds is 0. The van der Waals surface area contributed by atoms with Crippen LogP contribution in [0, 0.1) is 0 Å². The second kappa shape index (κ2) is 2.71. The largest absolute Gasteiger partial charge is 0.858 e. The summed E-state index contributed by atoms with van der Waals surface area (Å²) >= 11 is 5.55. The van der Waals surface area contributed by atoms with Gasteiger partial charge in [0.1, 0.15) is 5.69 Å². The lowest BCUT2D eigenvalue weighted by Gasteiger charge is -2.17. The van der Waals surface area contributed by atoms with Gasteiger partial charge in [-0.05, 0) is 17.5 Å². The number of halogens is 1. The summed E-state index contributed by atoms with van der Waals surface area (Å²) in [6, 6.07) is 0. The zero-order valence-corrected chi connectivity index (χ0v) is 8.24. The highest BCUT2D eigenvalue weighted by atomic mass is 35.5. The van der Waals surface area contributed by atoms with Crippen molar-refractivity contribution < 1.29 is 5.11 Å². The van der Waals surface area contributed by atoms with Crippen LogP contribution in [0.15, 0.2) is 4.79 Å². The molecule has 0 N–H and O–H groups in total. The molecule has 2 heterocycles. The maximum Gasteiger partial charge on any atom is 0.328 e. The molecule has 0 radical (unpaired) electrons. The average Bonchev–Trinajstić information content (AvgIpc) is 2.54. The van der Waals surface area contributed by atoms with Crippen molar-refractivity contribution in [2.75, 3.05) is 0 Å². The van der Waals surface area contributed by atoms with Crippen LogP contribution in [-0.2, 0) is 14.1 Å². The van der Waals surface area contributed by atoms with E-state index in [2.05, 4.69) is 9.97 Å². The monoisotopic (exact) mass is 213 g/mol. The van der Waals surface area contributed by atoms with Gasteiger partial charge in [0.2, 0.25) is 5.28 Å². The summed E-state index contributed by atoms with van der Waals surface area (Å²) in [6.07, 6.45) is 0. The SMILES string of the molecule is Cn1c2nc(Cl)nc-2c([O-])n(C)c1=O. The number of imidazole rings is 1. The fraction of sp³-hybridized carbons (Fsp3) is 0.286. The van der Waals surface area contributed by atoms with Gasteiger partial charge < -0.3 is 9.67 Å². The van der Waals surface area contributed by atoms with E-state index in [9.17, 15) is 9.90 Å². The number of aromatic nitrogens is 4. The normalized spacial score (nSPS) is 11.1. The highest BCUT2D eigenvalue weighted by Gasteiger charge is 2.16. The Kier molecular flexibility index (Phi) is 1.75. The summed E-state index contributed by atoms with van der Waals surface area (Å²) in [5, 5.41) is 11.5.